The van der Waals surface area contributed by atoms with E-state index in [4.69, 9.17) is 0 Å². The lowest BCUT2D eigenvalue weighted by Gasteiger charge is -2.04. The minimum atomic E-state index is 1.09. The normalized spacial score (nSPS) is 10.9. The molecule has 1 aromatic heterocycles. The molecule has 2 aromatic rings. The summed E-state index contributed by atoms with van der Waals surface area (Å²) in [5.74, 6) is 0. The molecule has 0 saturated carbocycles. The van der Waals surface area contributed by atoms with E-state index in [0.29, 0.717) is 0 Å². The van der Waals surface area contributed by atoms with Crippen LogP contribution in [0.1, 0.15) is 25.0 Å². The average molecular weight is 190 g/mol. The number of fused-ring (bicyclic) bond motifs is 1. The Labute approximate surface area is 82.4 Å². The van der Waals surface area contributed by atoms with Crippen LogP contribution in [0.5, 0.6) is 0 Å². The van der Waals surface area contributed by atoms with Crippen LogP contribution in [0, 0.1) is 5.51 Å². The quantitative estimate of drug-likeness (QED) is 0.708. The summed E-state index contributed by atoms with van der Waals surface area (Å²) in [5.41, 5.74) is 6.91. The predicted molar refractivity (Wildman–Crippen MR) is 57.2 cm³/mol. The summed E-state index contributed by atoms with van der Waals surface area (Å²) >= 11 is 1.60. The van der Waals surface area contributed by atoms with Crippen molar-refractivity contribution < 1.29 is 0 Å². The molecule has 13 heavy (non-hydrogen) atoms. The van der Waals surface area contributed by atoms with Gasteiger partial charge in [0.1, 0.15) is 0 Å². The highest BCUT2D eigenvalue weighted by Crippen LogP contribution is 2.22. The first-order valence-corrected chi connectivity index (χ1v) is 5.45. The molecule has 0 bridgehead atoms. The maximum Gasteiger partial charge on any atom is 0.153 e. The molecule has 1 heterocycles. The average Bonchev–Trinajstić information content (AvgIpc) is 2.62. The molecule has 2 heteroatoms. The molecule has 1 radical (unpaired) electrons. The van der Waals surface area contributed by atoms with Gasteiger partial charge in [0.15, 0.2) is 5.51 Å². The maximum absolute atomic E-state index is 4.20. The van der Waals surface area contributed by atoms with E-state index in [9.17, 15) is 0 Å². The number of benzene rings is 1. The minimum Gasteiger partial charge on any atom is -0.233 e. The van der Waals surface area contributed by atoms with Crippen LogP contribution in [-0.2, 0) is 12.8 Å². The molecule has 0 aliphatic rings. The molecule has 0 aliphatic heterocycles. The molecule has 1 aromatic carbocycles. The van der Waals surface area contributed by atoms with Gasteiger partial charge >= 0.3 is 0 Å². The first-order chi connectivity index (χ1) is 6.35. The van der Waals surface area contributed by atoms with Gasteiger partial charge < -0.3 is 0 Å². The van der Waals surface area contributed by atoms with Crippen molar-refractivity contribution in [2.24, 2.45) is 0 Å². The summed E-state index contributed by atoms with van der Waals surface area (Å²) in [4.78, 5) is 4.20. The molecule has 0 aliphatic carbocycles. The zero-order valence-electron chi connectivity index (χ0n) is 7.92. The van der Waals surface area contributed by atoms with Crippen LogP contribution >= 0.6 is 11.3 Å². The van der Waals surface area contributed by atoms with Crippen LogP contribution in [0.4, 0.5) is 0 Å². The third kappa shape index (κ3) is 1.46. The Bertz CT molecular complexity index is 379. The highest BCUT2D eigenvalue weighted by atomic mass is 32.1. The zero-order chi connectivity index (χ0) is 9.26. The van der Waals surface area contributed by atoms with Crippen LogP contribution in [0.15, 0.2) is 12.1 Å². The van der Waals surface area contributed by atoms with Crippen molar-refractivity contribution >= 4 is 21.6 Å². The smallest absolute Gasteiger partial charge is 0.153 e. The van der Waals surface area contributed by atoms with Gasteiger partial charge in [0.25, 0.3) is 0 Å². The van der Waals surface area contributed by atoms with E-state index < -0.39 is 0 Å². The summed E-state index contributed by atoms with van der Waals surface area (Å²) in [5, 5.41) is 0. The van der Waals surface area contributed by atoms with Gasteiger partial charge in [-0.25, -0.2) is 4.98 Å². The molecule has 0 fully saturated rings. The van der Waals surface area contributed by atoms with E-state index in [0.717, 1.165) is 18.4 Å². The van der Waals surface area contributed by atoms with E-state index in [1.165, 1.54) is 15.8 Å². The van der Waals surface area contributed by atoms with E-state index in [1.807, 2.05) is 0 Å². The minimum absolute atomic E-state index is 1.09. The number of thiazole rings is 1. The van der Waals surface area contributed by atoms with E-state index in [1.54, 1.807) is 11.3 Å². The second-order valence-electron chi connectivity index (χ2n) is 3.10. The van der Waals surface area contributed by atoms with Crippen molar-refractivity contribution in [3.63, 3.8) is 0 Å². The number of nitrogens with zero attached hydrogens (tertiary/aromatic N) is 1. The number of aryl methyl sites for hydroxylation is 2. The fourth-order valence-electron chi connectivity index (χ4n) is 1.60. The first kappa shape index (κ1) is 8.70. The molecule has 0 unspecified atom stereocenters. The summed E-state index contributed by atoms with van der Waals surface area (Å²) in [6.45, 7) is 4.39. The van der Waals surface area contributed by atoms with E-state index >= 15 is 0 Å². The summed E-state index contributed by atoms with van der Waals surface area (Å²) in [7, 11) is 0. The third-order valence-corrected chi connectivity index (χ3v) is 3.09. The first-order valence-electron chi connectivity index (χ1n) is 4.63. The summed E-state index contributed by atoms with van der Waals surface area (Å²) in [6, 6.07) is 4.45. The Morgan fingerprint density at radius 3 is 2.62 bits per heavy atom. The standard InChI is InChI=1S/C11H12NS/c1-3-8-5-10-11(13-7-12-10)6-9(8)4-2/h5-6H,3-4H2,1-2H3. The van der Waals surface area contributed by atoms with Crippen molar-refractivity contribution in [2.45, 2.75) is 26.7 Å². The fourth-order valence-corrected chi connectivity index (χ4v) is 2.25. The summed E-state index contributed by atoms with van der Waals surface area (Å²) in [6.07, 6.45) is 2.20. The Hall–Kier alpha value is -0.890. The van der Waals surface area contributed by atoms with Gasteiger partial charge in [-0.15, -0.1) is 11.3 Å². The molecule has 0 amide bonds. The van der Waals surface area contributed by atoms with Crippen LogP contribution < -0.4 is 0 Å². The molecule has 0 saturated heterocycles. The second kappa shape index (κ2) is 3.46. The van der Waals surface area contributed by atoms with Crippen molar-refractivity contribution in [2.75, 3.05) is 0 Å². The maximum atomic E-state index is 4.20. The van der Waals surface area contributed by atoms with Crippen molar-refractivity contribution in [3.8, 4) is 0 Å². The molecule has 0 atom stereocenters. The lowest BCUT2D eigenvalue weighted by molar-refractivity contribution is 1.04. The largest absolute Gasteiger partial charge is 0.233 e. The number of rotatable bonds is 2. The molecule has 0 spiro atoms. The fraction of sp³-hybridized carbons (Fsp3) is 0.364. The van der Waals surface area contributed by atoms with Gasteiger partial charge in [-0.3, -0.25) is 0 Å². The Morgan fingerprint density at radius 2 is 1.92 bits per heavy atom. The topological polar surface area (TPSA) is 12.9 Å². The third-order valence-electron chi connectivity index (χ3n) is 2.36. The number of hydrogen-bond acceptors (Lipinski definition) is 2. The molecule has 67 valence electrons. The molecular weight excluding hydrogens is 178 g/mol. The van der Waals surface area contributed by atoms with Crippen molar-refractivity contribution in [1.82, 2.24) is 4.98 Å². The molecule has 0 N–H and O–H groups in total. The predicted octanol–water partition coefficient (Wildman–Crippen LogP) is 3.22. The Kier molecular flexibility index (Phi) is 2.32. The van der Waals surface area contributed by atoms with Gasteiger partial charge in [0.2, 0.25) is 0 Å². The van der Waals surface area contributed by atoms with Gasteiger partial charge in [-0.05, 0) is 36.1 Å². The Balaban J connectivity index is 2.67. The van der Waals surface area contributed by atoms with Crippen LogP contribution in [-0.4, -0.2) is 4.98 Å². The molecule has 1 nitrogen and oxygen atoms in total. The van der Waals surface area contributed by atoms with Gasteiger partial charge in [0.05, 0.1) is 10.2 Å². The van der Waals surface area contributed by atoms with Crippen LogP contribution in [0.2, 0.25) is 0 Å². The molecule has 2 rings (SSSR count). The van der Waals surface area contributed by atoms with Gasteiger partial charge in [-0.2, -0.15) is 0 Å². The SMILES string of the molecule is CCc1cc2n[c]sc2cc1CC. The van der Waals surface area contributed by atoms with Crippen molar-refractivity contribution in [3.05, 3.63) is 28.8 Å². The highest BCUT2D eigenvalue weighted by molar-refractivity contribution is 7.16. The van der Waals surface area contributed by atoms with Crippen molar-refractivity contribution in [1.29, 1.82) is 0 Å². The number of aromatic nitrogens is 1. The second-order valence-corrected chi connectivity index (χ2v) is 3.93. The van der Waals surface area contributed by atoms with E-state index in [2.05, 4.69) is 36.5 Å². The van der Waals surface area contributed by atoms with Gasteiger partial charge in [-0.1, -0.05) is 13.8 Å². The monoisotopic (exact) mass is 190 g/mol. The number of hydrogen-bond donors (Lipinski definition) is 0. The lowest BCUT2D eigenvalue weighted by atomic mass is 10.0. The molecular formula is C11H12NS. The van der Waals surface area contributed by atoms with Crippen LogP contribution in [0.3, 0.4) is 0 Å². The zero-order valence-corrected chi connectivity index (χ0v) is 8.74. The lowest BCUT2D eigenvalue weighted by Crippen LogP contribution is -1.89. The van der Waals surface area contributed by atoms with Crippen LogP contribution in [0.25, 0.3) is 10.2 Å². The Morgan fingerprint density at radius 1 is 1.23 bits per heavy atom. The highest BCUT2D eigenvalue weighted by Gasteiger charge is 2.03. The van der Waals surface area contributed by atoms with E-state index in [-0.39, 0.29) is 0 Å². The van der Waals surface area contributed by atoms with Gasteiger partial charge in [0, 0.05) is 0 Å². The summed E-state index contributed by atoms with van der Waals surface area (Å²) < 4.78 is 1.26.